The second-order valence-corrected chi connectivity index (χ2v) is 7.45. The van der Waals surface area contributed by atoms with Gasteiger partial charge in [-0.1, -0.05) is 36.5 Å². The molecule has 2 heterocycles. The van der Waals surface area contributed by atoms with Gasteiger partial charge in [-0.25, -0.2) is 4.68 Å². The van der Waals surface area contributed by atoms with Crippen LogP contribution in [0.2, 0.25) is 0 Å². The maximum absolute atomic E-state index is 9.78. The summed E-state index contributed by atoms with van der Waals surface area (Å²) in [5, 5.41) is 18.6. The van der Waals surface area contributed by atoms with Crippen molar-refractivity contribution in [2.75, 3.05) is 18.4 Å². The number of β-amino-alcohol motifs (C(OH)–C–C–N with tert-alkyl or cyclic N) is 1. The van der Waals surface area contributed by atoms with Crippen molar-refractivity contribution in [1.29, 1.82) is 0 Å². The number of rotatable bonds is 5. The summed E-state index contributed by atoms with van der Waals surface area (Å²) in [4.78, 5) is 2.20. The Morgan fingerprint density at radius 2 is 2.26 bits per heavy atom. The number of nitrogens with one attached hydrogen (secondary N) is 1. The van der Waals surface area contributed by atoms with Crippen LogP contribution in [0.3, 0.4) is 0 Å². The summed E-state index contributed by atoms with van der Waals surface area (Å²) in [6, 6.07) is 8.25. The van der Waals surface area contributed by atoms with Crippen molar-refractivity contribution < 1.29 is 5.11 Å². The average Bonchev–Trinajstić information content (AvgIpc) is 2.87. The molecule has 124 valence electrons. The molecule has 2 aromatic rings. The minimum atomic E-state index is -0.231. The lowest BCUT2D eigenvalue weighted by Crippen LogP contribution is -2.39. The number of anilines is 2. The van der Waals surface area contributed by atoms with Gasteiger partial charge in [0.2, 0.25) is 5.13 Å². The largest absolute Gasteiger partial charge is 0.392 e. The molecule has 2 N–H and O–H groups in total. The first-order valence-electron chi connectivity index (χ1n) is 7.99. The predicted molar refractivity (Wildman–Crippen MR) is 96.9 cm³/mol. The van der Waals surface area contributed by atoms with Crippen LogP contribution in [-0.4, -0.2) is 39.0 Å². The van der Waals surface area contributed by atoms with Crippen LogP contribution in [-0.2, 0) is 13.1 Å². The molecular weight excluding hydrogens is 328 g/mol. The quantitative estimate of drug-likeness (QED) is 0.810. The summed E-state index contributed by atoms with van der Waals surface area (Å²) in [7, 11) is 0. The van der Waals surface area contributed by atoms with Gasteiger partial charge in [-0.3, -0.25) is 4.90 Å². The van der Waals surface area contributed by atoms with Crippen LogP contribution >= 0.6 is 23.6 Å². The summed E-state index contributed by atoms with van der Waals surface area (Å²) in [6.45, 7) is 4.46. The molecule has 0 aliphatic carbocycles. The normalized spacial score (nSPS) is 19.0. The molecule has 0 unspecified atom stereocenters. The topological polar surface area (TPSA) is 53.3 Å². The second kappa shape index (κ2) is 7.53. The second-order valence-electron chi connectivity index (χ2n) is 5.82. The Bertz CT molecular complexity index is 712. The van der Waals surface area contributed by atoms with Gasteiger partial charge < -0.3 is 10.4 Å². The molecule has 5 nitrogen and oxygen atoms in total. The molecule has 1 aromatic carbocycles. The van der Waals surface area contributed by atoms with Crippen LogP contribution in [0.4, 0.5) is 10.8 Å². The van der Waals surface area contributed by atoms with Crippen molar-refractivity contribution in [2.24, 2.45) is 0 Å². The van der Waals surface area contributed by atoms with E-state index in [0.29, 0.717) is 13.2 Å². The summed E-state index contributed by atoms with van der Waals surface area (Å²) in [5.74, 6) is 0. The summed E-state index contributed by atoms with van der Waals surface area (Å²) < 4.78 is 2.59. The van der Waals surface area contributed by atoms with E-state index in [2.05, 4.69) is 34.4 Å². The van der Waals surface area contributed by atoms with Crippen molar-refractivity contribution in [2.45, 2.75) is 39.0 Å². The van der Waals surface area contributed by atoms with E-state index in [9.17, 15) is 5.11 Å². The first-order valence-corrected chi connectivity index (χ1v) is 9.21. The molecule has 1 atom stereocenters. The Morgan fingerprint density at radius 1 is 1.43 bits per heavy atom. The minimum Gasteiger partial charge on any atom is -0.392 e. The van der Waals surface area contributed by atoms with Crippen LogP contribution in [0.25, 0.3) is 0 Å². The lowest BCUT2D eigenvalue weighted by molar-refractivity contribution is 0.0516. The lowest BCUT2D eigenvalue weighted by atomic mass is 10.1. The Labute approximate surface area is 145 Å². The molecule has 0 radical (unpaired) electrons. The van der Waals surface area contributed by atoms with Gasteiger partial charge in [0, 0.05) is 18.8 Å². The molecule has 1 aliphatic rings. The molecule has 0 spiro atoms. The lowest BCUT2D eigenvalue weighted by Gasteiger charge is -2.29. The van der Waals surface area contributed by atoms with Crippen molar-refractivity contribution in [3.8, 4) is 0 Å². The van der Waals surface area contributed by atoms with Gasteiger partial charge in [0.05, 0.1) is 12.8 Å². The number of para-hydroxylation sites is 1. The van der Waals surface area contributed by atoms with Crippen LogP contribution in [0.1, 0.15) is 25.3 Å². The standard InChI is InChI=1S/C16H22N4OS2/c1-2-12-6-3-4-8-14(12)17-15-18-20(16(22)23-15)11-19-9-5-7-13(21)10-19/h3-4,6,8,13,21H,2,5,7,9-11H2,1H3,(H,17,18)/t13-/m1/s1. The molecule has 1 saturated heterocycles. The fraction of sp³-hybridized carbons (Fsp3) is 0.500. The summed E-state index contributed by atoms with van der Waals surface area (Å²) in [6.07, 6.45) is 2.65. The number of piperidine rings is 1. The maximum Gasteiger partial charge on any atom is 0.209 e. The first-order chi connectivity index (χ1) is 11.2. The molecule has 1 aliphatic heterocycles. The zero-order valence-electron chi connectivity index (χ0n) is 13.2. The zero-order chi connectivity index (χ0) is 16.2. The monoisotopic (exact) mass is 350 g/mol. The smallest absolute Gasteiger partial charge is 0.209 e. The van der Waals surface area contributed by atoms with Crippen LogP contribution in [0.5, 0.6) is 0 Å². The van der Waals surface area contributed by atoms with E-state index in [-0.39, 0.29) is 6.10 Å². The molecule has 7 heteroatoms. The molecule has 1 fully saturated rings. The molecule has 3 rings (SSSR count). The fourth-order valence-corrected chi connectivity index (χ4v) is 3.87. The number of hydrogen-bond acceptors (Lipinski definition) is 6. The number of likely N-dealkylation sites (tertiary alicyclic amines) is 1. The molecular formula is C16H22N4OS2. The van der Waals surface area contributed by atoms with E-state index in [1.807, 2.05) is 16.8 Å². The highest BCUT2D eigenvalue weighted by molar-refractivity contribution is 7.73. The molecule has 0 amide bonds. The van der Waals surface area contributed by atoms with E-state index in [1.54, 1.807) is 0 Å². The van der Waals surface area contributed by atoms with E-state index in [4.69, 9.17) is 12.2 Å². The maximum atomic E-state index is 9.78. The minimum absolute atomic E-state index is 0.231. The van der Waals surface area contributed by atoms with Crippen LogP contribution in [0, 0.1) is 3.95 Å². The van der Waals surface area contributed by atoms with Gasteiger partial charge in [-0.15, -0.1) is 5.10 Å². The average molecular weight is 351 g/mol. The third-order valence-electron chi connectivity index (χ3n) is 4.06. The summed E-state index contributed by atoms with van der Waals surface area (Å²) in [5.41, 5.74) is 2.35. The molecule has 0 bridgehead atoms. The van der Waals surface area contributed by atoms with Gasteiger partial charge in [0.1, 0.15) is 0 Å². The number of aromatic nitrogens is 2. The number of aliphatic hydroxyl groups excluding tert-OH is 1. The van der Waals surface area contributed by atoms with Gasteiger partial charge in [-0.05, 0) is 43.1 Å². The number of benzene rings is 1. The van der Waals surface area contributed by atoms with Crippen molar-refractivity contribution in [1.82, 2.24) is 14.7 Å². The third kappa shape index (κ3) is 4.17. The van der Waals surface area contributed by atoms with Gasteiger partial charge >= 0.3 is 0 Å². The van der Waals surface area contributed by atoms with Gasteiger partial charge in [0.15, 0.2) is 3.95 Å². The highest BCUT2D eigenvalue weighted by Crippen LogP contribution is 2.24. The van der Waals surface area contributed by atoms with Crippen molar-refractivity contribution >= 4 is 34.4 Å². The number of hydrogen-bond donors (Lipinski definition) is 2. The van der Waals surface area contributed by atoms with E-state index in [1.165, 1.54) is 16.9 Å². The van der Waals surface area contributed by atoms with E-state index < -0.39 is 0 Å². The van der Waals surface area contributed by atoms with Crippen LogP contribution in [0.15, 0.2) is 24.3 Å². The number of nitrogens with zero attached hydrogens (tertiary/aromatic N) is 3. The van der Waals surface area contributed by atoms with Crippen LogP contribution < -0.4 is 5.32 Å². The van der Waals surface area contributed by atoms with Crippen molar-refractivity contribution in [3.63, 3.8) is 0 Å². The number of aliphatic hydroxyl groups is 1. The predicted octanol–water partition coefficient (Wildman–Crippen LogP) is 3.39. The fourth-order valence-electron chi connectivity index (χ4n) is 2.86. The third-order valence-corrected chi connectivity index (χ3v) is 5.28. The molecule has 1 aromatic heterocycles. The van der Waals surface area contributed by atoms with Crippen molar-refractivity contribution in [3.05, 3.63) is 33.8 Å². The zero-order valence-corrected chi connectivity index (χ0v) is 14.9. The molecule has 23 heavy (non-hydrogen) atoms. The SMILES string of the molecule is CCc1ccccc1Nc1nn(CN2CCC[C@@H](O)C2)c(=S)s1. The molecule has 0 saturated carbocycles. The number of aryl methyl sites for hydroxylation is 1. The highest BCUT2D eigenvalue weighted by Gasteiger charge is 2.18. The Hall–Kier alpha value is -1.28. The van der Waals surface area contributed by atoms with E-state index in [0.717, 1.165) is 40.6 Å². The summed E-state index contributed by atoms with van der Waals surface area (Å²) >= 11 is 6.92. The first kappa shape index (κ1) is 16.6. The van der Waals surface area contributed by atoms with E-state index >= 15 is 0 Å². The van der Waals surface area contributed by atoms with Gasteiger partial charge in [-0.2, -0.15) is 0 Å². The Balaban J connectivity index is 1.72. The Kier molecular flexibility index (Phi) is 5.42. The van der Waals surface area contributed by atoms with Gasteiger partial charge in [0.25, 0.3) is 0 Å². The highest BCUT2D eigenvalue weighted by atomic mass is 32.1. The Morgan fingerprint density at radius 3 is 3.04 bits per heavy atom.